The summed E-state index contributed by atoms with van der Waals surface area (Å²) in [5, 5.41) is 0.499. The third kappa shape index (κ3) is 2.01. The van der Waals surface area contributed by atoms with Crippen LogP contribution in [0.1, 0.15) is 11.1 Å². The van der Waals surface area contributed by atoms with Crippen molar-refractivity contribution in [1.29, 1.82) is 0 Å². The van der Waals surface area contributed by atoms with Crippen LogP contribution in [0.3, 0.4) is 0 Å². The molecular formula is C15H10ClN3O. The zero-order valence-corrected chi connectivity index (χ0v) is 11.2. The highest BCUT2D eigenvalue weighted by molar-refractivity contribution is 6.52. The zero-order chi connectivity index (χ0) is 14.1. The van der Waals surface area contributed by atoms with Gasteiger partial charge in [-0.2, -0.15) is 4.79 Å². The number of nitrogens with zero attached hydrogens (tertiary/aromatic N) is 3. The van der Waals surface area contributed by atoms with Crippen LogP contribution in [0.25, 0.3) is 5.53 Å². The van der Waals surface area contributed by atoms with Crippen molar-refractivity contribution in [3.63, 3.8) is 0 Å². The van der Waals surface area contributed by atoms with Gasteiger partial charge in [0.15, 0.2) is 0 Å². The van der Waals surface area contributed by atoms with E-state index in [9.17, 15) is 4.79 Å². The molecule has 5 heteroatoms. The van der Waals surface area contributed by atoms with Crippen LogP contribution >= 0.6 is 11.6 Å². The summed E-state index contributed by atoms with van der Waals surface area (Å²) in [6, 6.07) is 14.7. The predicted molar refractivity (Wildman–Crippen MR) is 76.8 cm³/mol. The molecule has 0 N–H and O–H groups in total. The molecule has 3 rings (SSSR count). The Labute approximate surface area is 120 Å². The number of rotatable bonds is 2. The zero-order valence-electron chi connectivity index (χ0n) is 10.5. The molecule has 2 aromatic rings. The Morgan fingerprint density at radius 2 is 1.90 bits per heavy atom. The maximum absolute atomic E-state index is 12.3. The van der Waals surface area contributed by atoms with Gasteiger partial charge in [0.2, 0.25) is 0 Å². The van der Waals surface area contributed by atoms with Gasteiger partial charge in [-0.1, -0.05) is 41.9 Å². The number of anilines is 1. The second kappa shape index (κ2) is 4.93. The molecule has 4 nitrogen and oxygen atoms in total. The van der Waals surface area contributed by atoms with Crippen LogP contribution in [0, 0.1) is 0 Å². The summed E-state index contributed by atoms with van der Waals surface area (Å²) in [6.45, 7) is 0.424. The first-order chi connectivity index (χ1) is 9.70. The molecular weight excluding hydrogens is 274 g/mol. The molecule has 0 atom stereocenters. The maximum Gasteiger partial charge on any atom is 0.389 e. The minimum Gasteiger partial charge on any atom is -0.361 e. The molecule has 0 radical (unpaired) electrons. The van der Waals surface area contributed by atoms with E-state index in [1.807, 2.05) is 30.3 Å². The van der Waals surface area contributed by atoms with Gasteiger partial charge in [-0.15, -0.1) is 0 Å². The Bertz CT molecular complexity index is 736. The lowest BCUT2D eigenvalue weighted by Gasteiger charge is -2.15. The number of carbonyl (C=O) groups excluding carboxylic acids is 1. The lowest BCUT2D eigenvalue weighted by molar-refractivity contribution is -0.116. The van der Waals surface area contributed by atoms with Gasteiger partial charge in [0.05, 0.1) is 17.8 Å². The SMILES string of the molecule is [N-]=[N+]=C1C(=O)N(Cc2ccccc2)c2ccc(Cl)cc21. The van der Waals surface area contributed by atoms with Crippen LogP contribution in [0.5, 0.6) is 0 Å². The van der Waals surface area contributed by atoms with E-state index < -0.39 is 0 Å². The minimum atomic E-state index is -0.325. The molecule has 2 aromatic carbocycles. The number of carbonyl (C=O) groups is 1. The summed E-state index contributed by atoms with van der Waals surface area (Å²) >= 11 is 5.93. The fourth-order valence-electron chi connectivity index (χ4n) is 2.31. The van der Waals surface area contributed by atoms with Crippen molar-refractivity contribution in [2.75, 3.05) is 4.90 Å². The quantitative estimate of drug-likeness (QED) is 0.617. The minimum absolute atomic E-state index is 0.0263. The fraction of sp³-hybridized carbons (Fsp3) is 0.0667. The van der Waals surface area contributed by atoms with Crippen molar-refractivity contribution in [1.82, 2.24) is 0 Å². The van der Waals surface area contributed by atoms with Gasteiger partial charge in [0, 0.05) is 5.02 Å². The molecule has 1 aliphatic heterocycles. The highest BCUT2D eigenvalue weighted by Gasteiger charge is 2.40. The van der Waals surface area contributed by atoms with E-state index in [1.165, 1.54) is 0 Å². The first-order valence-electron chi connectivity index (χ1n) is 6.08. The second-order valence-corrected chi connectivity index (χ2v) is 4.92. The van der Waals surface area contributed by atoms with Gasteiger partial charge in [-0.05, 0) is 23.8 Å². The highest BCUT2D eigenvalue weighted by atomic mass is 35.5. The maximum atomic E-state index is 12.3. The summed E-state index contributed by atoms with van der Waals surface area (Å²) in [5.74, 6) is -0.325. The molecule has 0 saturated heterocycles. The second-order valence-electron chi connectivity index (χ2n) is 4.49. The predicted octanol–water partition coefficient (Wildman–Crippen LogP) is 2.91. The Morgan fingerprint density at radius 1 is 1.15 bits per heavy atom. The smallest absolute Gasteiger partial charge is 0.361 e. The van der Waals surface area contributed by atoms with E-state index >= 15 is 0 Å². The average Bonchev–Trinajstić information content (AvgIpc) is 2.71. The number of halogens is 1. The number of benzene rings is 2. The molecule has 20 heavy (non-hydrogen) atoms. The van der Waals surface area contributed by atoms with Crippen molar-refractivity contribution in [3.8, 4) is 0 Å². The first kappa shape index (κ1) is 12.6. The van der Waals surface area contributed by atoms with E-state index in [0.717, 1.165) is 5.56 Å². The number of fused-ring (bicyclic) bond motifs is 1. The van der Waals surface area contributed by atoms with E-state index in [0.29, 0.717) is 22.8 Å². The Morgan fingerprint density at radius 3 is 2.60 bits per heavy atom. The van der Waals surface area contributed by atoms with E-state index in [-0.39, 0.29) is 11.6 Å². The molecule has 1 heterocycles. The largest absolute Gasteiger partial charge is 0.389 e. The Hall–Kier alpha value is -2.42. The number of amides is 1. The van der Waals surface area contributed by atoms with Crippen LogP contribution in [0.2, 0.25) is 5.02 Å². The Kier molecular flexibility index (Phi) is 3.11. The van der Waals surface area contributed by atoms with E-state index in [2.05, 4.69) is 4.79 Å². The molecule has 0 spiro atoms. The summed E-state index contributed by atoms with van der Waals surface area (Å²) in [7, 11) is 0. The van der Waals surface area contributed by atoms with Gasteiger partial charge >= 0.3 is 11.6 Å². The molecule has 1 aliphatic rings. The molecule has 0 fully saturated rings. The van der Waals surface area contributed by atoms with Crippen LogP contribution in [-0.4, -0.2) is 16.4 Å². The average molecular weight is 284 g/mol. The van der Waals surface area contributed by atoms with Crippen LogP contribution in [-0.2, 0) is 11.3 Å². The normalized spacial score (nSPS) is 13.3. The van der Waals surface area contributed by atoms with Crippen molar-refractivity contribution in [3.05, 3.63) is 70.2 Å². The Balaban J connectivity index is 2.06. The van der Waals surface area contributed by atoms with Crippen molar-refractivity contribution in [2.24, 2.45) is 0 Å². The van der Waals surface area contributed by atoms with E-state index in [4.69, 9.17) is 17.1 Å². The van der Waals surface area contributed by atoms with Crippen molar-refractivity contribution >= 4 is 28.9 Å². The van der Waals surface area contributed by atoms with Gasteiger partial charge in [0.1, 0.15) is 0 Å². The van der Waals surface area contributed by atoms with Gasteiger partial charge in [0.25, 0.3) is 0 Å². The van der Waals surface area contributed by atoms with Crippen molar-refractivity contribution in [2.45, 2.75) is 6.54 Å². The highest BCUT2D eigenvalue weighted by Crippen LogP contribution is 2.32. The topological polar surface area (TPSA) is 56.7 Å². The van der Waals surface area contributed by atoms with Crippen LogP contribution in [0.4, 0.5) is 5.69 Å². The van der Waals surface area contributed by atoms with Crippen LogP contribution < -0.4 is 4.90 Å². The first-order valence-corrected chi connectivity index (χ1v) is 6.46. The number of hydrogen-bond donors (Lipinski definition) is 0. The molecule has 0 bridgehead atoms. The van der Waals surface area contributed by atoms with Gasteiger partial charge in [-0.25, -0.2) is 0 Å². The third-order valence-corrected chi connectivity index (χ3v) is 3.47. The van der Waals surface area contributed by atoms with Gasteiger partial charge < -0.3 is 5.53 Å². The third-order valence-electron chi connectivity index (χ3n) is 3.24. The molecule has 0 unspecified atom stereocenters. The van der Waals surface area contributed by atoms with E-state index in [1.54, 1.807) is 23.1 Å². The summed E-state index contributed by atoms with van der Waals surface area (Å²) in [6.07, 6.45) is 0. The molecule has 0 aliphatic carbocycles. The lowest BCUT2D eigenvalue weighted by atomic mass is 10.1. The monoisotopic (exact) mass is 283 g/mol. The summed E-state index contributed by atoms with van der Waals surface area (Å²) < 4.78 is 0. The number of hydrogen-bond acceptors (Lipinski definition) is 1. The molecule has 1 amide bonds. The molecule has 0 saturated carbocycles. The van der Waals surface area contributed by atoms with Crippen molar-refractivity contribution < 1.29 is 9.58 Å². The lowest BCUT2D eigenvalue weighted by Crippen LogP contribution is -2.29. The summed E-state index contributed by atoms with van der Waals surface area (Å²) in [4.78, 5) is 17.0. The van der Waals surface area contributed by atoms with Crippen LogP contribution in [0.15, 0.2) is 48.5 Å². The molecule has 0 aromatic heterocycles. The molecule has 98 valence electrons. The van der Waals surface area contributed by atoms with Gasteiger partial charge in [-0.3, -0.25) is 9.69 Å². The summed E-state index contributed by atoms with van der Waals surface area (Å²) in [5.41, 5.74) is 11.3. The fourth-order valence-corrected chi connectivity index (χ4v) is 2.48. The standard InChI is InChI=1S/C15H10ClN3O/c16-11-6-7-13-12(8-11)14(18-17)15(20)19(13)9-10-4-2-1-3-5-10/h1-8H,9H2.